The van der Waals surface area contributed by atoms with Crippen molar-refractivity contribution in [3.63, 3.8) is 0 Å². The first-order chi connectivity index (χ1) is 7.26. The molecule has 1 N–H and O–H groups in total. The third-order valence-electron chi connectivity index (χ3n) is 2.72. The molecule has 0 spiro atoms. The van der Waals surface area contributed by atoms with E-state index >= 15 is 0 Å². The van der Waals surface area contributed by atoms with Gasteiger partial charge in [0.05, 0.1) is 0 Å². The van der Waals surface area contributed by atoms with Gasteiger partial charge in [0, 0.05) is 12.6 Å². The third kappa shape index (κ3) is 7.41. The van der Waals surface area contributed by atoms with Gasteiger partial charge in [-0.05, 0) is 33.1 Å². The summed E-state index contributed by atoms with van der Waals surface area (Å²) in [6, 6.07) is 0.447. The summed E-state index contributed by atoms with van der Waals surface area (Å²) in [6.07, 6.45) is 7.26. The highest BCUT2D eigenvalue weighted by Crippen LogP contribution is 2.18. The van der Waals surface area contributed by atoms with Gasteiger partial charge in [-0.2, -0.15) is 5.06 Å². The molecule has 2 nitrogen and oxygen atoms in total. The molecular formula is C13H25NO. The van der Waals surface area contributed by atoms with Crippen molar-refractivity contribution in [2.24, 2.45) is 0 Å². The molecule has 0 radical (unpaired) electrons. The van der Waals surface area contributed by atoms with Gasteiger partial charge in [0.2, 0.25) is 0 Å². The molecule has 1 saturated heterocycles. The molecule has 15 heavy (non-hydrogen) atoms. The molecule has 2 heteroatoms. The number of rotatable bonds is 2. The van der Waals surface area contributed by atoms with Gasteiger partial charge in [-0.25, -0.2) is 0 Å². The molecule has 0 aliphatic carbocycles. The highest BCUT2D eigenvalue weighted by Gasteiger charge is 2.17. The SMILES string of the molecule is CC#CC.CCCC1CCCCCN1O. The van der Waals surface area contributed by atoms with E-state index in [1.54, 1.807) is 5.06 Å². The second-order valence-electron chi connectivity index (χ2n) is 3.95. The Morgan fingerprint density at radius 3 is 2.40 bits per heavy atom. The first-order valence-electron chi connectivity index (χ1n) is 6.05. The van der Waals surface area contributed by atoms with Crippen LogP contribution in [0.2, 0.25) is 0 Å². The fourth-order valence-corrected chi connectivity index (χ4v) is 1.79. The molecule has 1 atom stereocenters. The summed E-state index contributed by atoms with van der Waals surface area (Å²) in [7, 11) is 0. The van der Waals surface area contributed by atoms with Crippen LogP contribution in [0.4, 0.5) is 0 Å². The van der Waals surface area contributed by atoms with Crippen LogP contribution >= 0.6 is 0 Å². The van der Waals surface area contributed by atoms with Crippen LogP contribution < -0.4 is 0 Å². The van der Waals surface area contributed by atoms with E-state index in [-0.39, 0.29) is 0 Å². The van der Waals surface area contributed by atoms with Gasteiger partial charge >= 0.3 is 0 Å². The summed E-state index contributed by atoms with van der Waals surface area (Å²) in [5.74, 6) is 5.36. The molecule has 1 aliphatic heterocycles. The van der Waals surface area contributed by atoms with Crippen molar-refractivity contribution in [3.05, 3.63) is 0 Å². The van der Waals surface area contributed by atoms with Gasteiger partial charge in [0.15, 0.2) is 0 Å². The van der Waals surface area contributed by atoms with E-state index in [0.717, 1.165) is 19.4 Å². The Balaban J connectivity index is 0.000000423. The molecule has 88 valence electrons. The molecule has 1 rings (SSSR count). The van der Waals surface area contributed by atoms with Crippen LogP contribution in [0.3, 0.4) is 0 Å². The Bertz CT molecular complexity index is 186. The van der Waals surface area contributed by atoms with Crippen molar-refractivity contribution >= 4 is 0 Å². The molecule has 0 amide bonds. The predicted octanol–water partition coefficient (Wildman–Crippen LogP) is 3.45. The van der Waals surface area contributed by atoms with E-state index in [4.69, 9.17) is 0 Å². The van der Waals surface area contributed by atoms with E-state index < -0.39 is 0 Å². The summed E-state index contributed by atoms with van der Waals surface area (Å²) >= 11 is 0. The van der Waals surface area contributed by atoms with Crippen LogP contribution in [-0.4, -0.2) is 22.9 Å². The van der Waals surface area contributed by atoms with E-state index in [1.165, 1.54) is 25.7 Å². The summed E-state index contributed by atoms with van der Waals surface area (Å²) in [6.45, 7) is 6.70. The van der Waals surface area contributed by atoms with Crippen molar-refractivity contribution in [2.75, 3.05) is 6.54 Å². The summed E-state index contributed by atoms with van der Waals surface area (Å²) in [5.41, 5.74) is 0. The molecule has 0 bridgehead atoms. The molecule has 0 saturated carbocycles. The van der Waals surface area contributed by atoms with E-state index in [1.807, 2.05) is 13.8 Å². The van der Waals surface area contributed by atoms with Gasteiger partial charge < -0.3 is 5.21 Å². The average molecular weight is 211 g/mol. The minimum absolute atomic E-state index is 0.447. The van der Waals surface area contributed by atoms with Crippen molar-refractivity contribution in [1.82, 2.24) is 5.06 Å². The summed E-state index contributed by atoms with van der Waals surface area (Å²) in [5, 5.41) is 11.1. The molecule has 0 aromatic carbocycles. The monoisotopic (exact) mass is 211 g/mol. The number of hydrogen-bond donors (Lipinski definition) is 1. The minimum Gasteiger partial charge on any atom is -0.314 e. The second kappa shape index (κ2) is 10.0. The number of nitrogens with zero attached hydrogens (tertiary/aromatic N) is 1. The quantitative estimate of drug-likeness (QED) is 0.707. The van der Waals surface area contributed by atoms with Crippen molar-refractivity contribution in [1.29, 1.82) is 0 Å². The molecule has 0 aromatic rings. The molecule has 0 aromatic heterocycles. The highest BCUT2D eigenvalue weighted by molar-refractivity contribution is 4.89. The zero-order valence-electron chi connectivity index (χ0n) is 10.4. The maximum atomic E-state index is 9.51. The first-order valence-corrected chi connectivity index (χ1v) is 6.05. The van der Waals surface area contributed by atoms with Gasteiger partial charge in [-0.15, -0.1) is 11.8 Å². The fourth-order valence-electron chi connectivity index (χ4n) is 1.79. The van der Waals surface area contributed by atoms with Gasteiger partial charge in [-0.1, -0.05) is 26.2 Å². The second-order valence-corrected chi connectivity index (χ2v) is 3.95. The Kier molecular flexibility index (Phi) is 9.67. The van der Waals surface area contributed by atoms with Crippen LogP contribution in [-0.2, 0) is 0 Å². The zero-order valence-corrected chi connectivity index (χ0v) is 10.4. The number of hydrogen-bond acceptors (Lipinski definition) is 2. The third-order valence-corrected chi connectivity index (χ3v) is 2.72. The Morgan fingerprint density at radius 1 is 1.20 bits per heavy atom. The summed E-state index contributed by atoms with van der Waals surface area (Å²) in [4.78, 5) is 0. The lowest BCUT2D eigenvalue weighted by Crippen LogP contribution is -2.31. The minimum atomic E-state index is 0.447. The maximum Gasteiger partial charge on any atom is 0.0350 e. The van der Waals surface area contributed by atoms with E-state index in [9.17, 15) is 5.21 Å². The van der Waals surface area contributed by atoms with Crippen LogP contribution in [0.5, 0.6) is 0 Å². The molecule has 1 fully saturated rings. The Morgan fingerprint density at radius 2 is 1.87 bits per heavy atom. The van der Waals surface area contributed by atoms with Crippen LogP contribution in [0.25, 0.3) is 0 Å². The van der Waals surface area contributed by atoms with Crippen molar-refractivity contribution < 1.29 is 5.21 Å². The molecule has 1 unspecified atom stereocenters. The van der Waals surface area contributed by atoms with Crippen LogP contribution in [0, 0.1) is 11.8 Å². The number of hydroxylamine groups is 2. The van der Waals surface area contributed by atoms with Crippen LogP contribution in [0.1, 0.15) is 59.3 Å². The van der Waals surface area contributed by atoms with Gasteiger partial charge in [-0.3, -0.25) is 0 Å². The van der Waals surface area contributed by atoms with E-state index in [2.05, 4.69) is 18.8 Å². The zero-order chi connectivity index (χ0) is 11.5. The van der Waals surface area contributed by atoms with Gasteiger partial charge in [0.1, 0.15) is 0 Å². The smallest absolute Gasteiger partial charge is 0.0350 e. The molecule has 1 heterocycles. The van der Waals surface area contributed by atoms with E-state index in [0.29, 0.717) is 6.04 Å². The van der Waals surface area contributed by atoms with Gasteiger partial charge in [0.25, 0.3) is 0 Å². The van der Waals surface area contributed by atoms with Crippen LogP contribution in [0.15, 0.2) is 0 Å². The Hall–Kier alpha value is -0.520. The summed E-state index contributed by atoms with van der Waals surface area (Å²) < 4.78 is 0. The molecular weight excluding hydrogens is 186 g/mol. The maximum absolute atomic E-state index is 9.51. The lowest BCUT2D eigenvalue weighted by Gasteiger charge is -2.22. The lowest BCUT2D eigenvalue weighted by molar-refractivity contribution is -0.126. The topological polar surface area (TPSA) is 23.5 Å². The van der Waals surface area contributed by atoms with Crippen molar-refractivity contribution in [2.45, 2.75) is 65.3 Å². The largest absolute Gasteiger partial charge is 0.314 e. The highest BCUT2D eigenvalue weighted by atomic mass is 16.5. The average Bonchev–Trinajstić information content (AvgIpc) is 2.46. The van der Waals surface area contributed by atoms with Crippen molar-refractivity contribution in [3.8, 4) is 11.8 Å². The lowest BCUT2D eigenvalue weighted by atomic mass is 10.1. The first kappa shape index (κ1) is 14.5. The molecule has 1 aliphatic rings. The standard InChI is InChI=1S/C9H19NO.C4H6/c1-2-6-9-7-4-3-5-8-10(9)11;1-3-4-2/h9,11H,2-8H2,1H3;1-2H3. The normalized spacial score (nSPS) is 21.7. The Labute approximate surface area is 94.6 Å². The predicted molar refractivity (Wildman–Crippen MR) is 64.8 cm³/mol. The fraction of sp³-hybridized carbons (Fsp3) is 0.846.